The van der Waals surface area contributed by atoms with Crippen LogP contribution >= 0.6 is 0 Å². The molecule has 3 atom stereocenters. The van der Waals surface area contributed by atoms with E-state index in [1.165, 1.54) is 0 Å². The fourth-order valence-electron chi connectivity index (χ4n) is 1.57. The van der Waals surface area contributed by atoms with Gasteiger partial charge in [-0.2, -0.15) is 0 Å². The molecule has 0 aromatic rings. The molecule has 0 saturated carbocycles. The first-order valence-electron chi connectivity index (χ1n) is 4.35. The zero-order chi connectivity index (χ0) is 9.26. The molecule has 2 fully saturated rings. The van der Waals surface area contributed by atoms with Crippen LogP contribution in [0.25, 0.3) is 0 Å². The van der Waals surface area contributed by atoms with Crippen LogP contribution in [0.1, 0.15) is 6.42 Å². The Morgan fingerprint density at radius 3 is 2.77 bits per heavy atom. The fourth-order valence-corrected chi connectivity index (χ4v) is 1.57. The Morgan fingerprint density at radius 1 is 1.38 bits per heavy atom. The number of ether oxygens (including phenoxy) is 3. The Labute approximate surface area is 75.6 Å². The molecule has 74 valence electrons. The van der Waals surface area contributed by atoms with Crippen molar-refractivity contribution in [1.82, 2.24) is 0 Å². The van der Waals surface area contributed by atoms with Gasteiger partial charge < -0.3 is 19.3 Å². The average molecular weight is 188 g/mol. The molecule has 2 heterocycles. The largest absolute Gasteiger partial charge is 0.479 e. The maximum atomic E-state index is 10.5. The molecule has 2 rings (SSSR count). The zero-order valence-corrected chi connectivity index (χ0v) is 7.14. The summed E-state index contributed by atoms with van der Waals surface area (Å²) in [4.78, 5) is 10.5. The van der Waals surface area contributed by atoms with Crippen molar-refractivity contribution in [3.8, 4) is 0 Å². The lowest BCUT2D eigenvalue weighted by Gasteiger charge is -2.14. The van der Waals surface area contributed by atoms with Crippen LogP contribution < -0.4 is 0 Å². The SMILES string of the molecule is O=C(O)C1COC(C2CCOC2)O1. The Bertz CT molecular complexity index is 199. The third kappa shape index (κ3) is 1.82. The third-order valence-electron chi connectivity index (χ3n) is 2.34. The van der Waals surface area contributed by atoms with Gasteiger partial charge in [0.05, 0.1) is 13.2 Å². The second kappa shape index (κ2) is 3.61. The quantitative estimate of drug-likeness (QED) is 0.652. The van der Waals surface area contributed by atoms with Crippen LogP contribution in [0.2, 0.25) is 0 Å². The van der Waals surface area contributed by atoms with Crippen molar-refractivity contribution < 1.29 is 24.1 Å². The molecule has 0 aliphatic carbocycles. The van der Waals surface area contributed by atoms with E-state index in [1.54, 1.807) is 0 Å². The van der Waals surface area contributed by atoms with Crippen molar-refractivity contribution in [2.24, 2.45) is 5.92 Å². The Kier molecular flexibility index (Phi) is 2.48. The van der Waals surface area contributed by atoms with E-state index in [4.69, 9.17) is 19.3 Å². The number of carbonyl (C=O) groups is 1. The van der Waals surface area contributed by atoms with Gasteiger partial charge >= 0.3 is 5.97 Å². The second-order valence-corrected chi connectivity index (χ2v) is 3.29. The van der Waals surface area contributed by atoms with Gasteiger partial charge in [-0.1, -0.05) is 0 Å². The standard InChI is InChI=1S/C8H12O5/c9-7(10)6-4-12-8(13-6)5-1-2-11-3-5/h5-6,8H,1-4H2,(H,9,10). The van der Waals surface area contributed by atoms with Gasteiger partial charge in [0.2, 0.25) is 0 Å². The highest BCUT2D eigenvalue weighted by Crippen LogP contribution is 2.25. The summed E-state index contributed by atoms with van der Waals surface area (Å²) in [5.41, 5.74) is 0. The van der Waals surface area contributed by atoms with Gasteiger partial charge in [-0.3, -0.25) is 0 Å². The summed E-state index contributed by atoms with van der Waals surface area (Å²) in [5, 5.41) is 8.64. The van der Waals surface area contributed by atoms with Gasteiger partial charge in [-0.05, 0) is 6.42 Å². The van der Waals surface area contributed by atoms with E-state index in [2.05, 4.69) is 0 Å². The van der Waals surface area contributed by atoms with Crippen LogP contribution in [-0.4, -0.2) is 43.3 Å². The molecule has 5 nitrogen and oxygen atoms in total. The molecule has 1 N–H and O–H groups in total. The van der Waals surface area contributed by atoms with Crippen LogP contribution in [0.4, 0.5) is 0 Å². The number of hydrogen-bond donors (Lipinski definition) is 1. The van der Waals surface area contributed by atoms with E-state index in [9.17, 15) is 4.79 Å². The number of hydrogen-bond acceptors (Lipinski definition) is 4. The molecule has 2 aliphatic rings. The topological polar surface area (TPSA) is 65.0 Å². The van der Waals surface area contributed by atoms with E-state index >= 15 is 0 Å². The Balaban J connectivity index is 1.86. The normalized spacial score (nSPS) is 39.5. The highest BCUT2D eigenvalue weighted by atomic mass is 16.7. The van der Waals surface area contributed by atoms with E-state index in [0.29, 0.717) is 13.2 Å². The fraction of sp³-hybridized carbons (Fsp3) is 0.875. The molecule has 2 saturated heterocycles. The number of aliphatic carboxylic acids is 1. The highest BCUT2D eigenvalue weighted by molar-refractivity contribution is 5.72. The molecule has 13 heavy (non-hydrogen) atoms. The predicted octanol–water partition coefficient (Wildman–Crippen LogP) is -0.151. The van der Waals surface area contributed by atoms with E-state index in [0.717, 1.165) is 6.42 Å². The van der Waals surface area contributed by atoms with Crippen molar-refractivity contribution in [3.63, 3.8) is 0 Å². The third-order valence-corrected chi connectivity index (χ3v) is 2.34. The first-order chi connectivity index (χ1) is 6.27. The summed E-state index contributed by atoms with van der Waals surface area (Å²) in [6, 6.07) is 0. The highest BCUT2D eigenvalue weighted by Gasteiger charge is 2.37. The molecule has 0 spiro atoms. The maximum Gasteiger partial charge on any atom is 0.335 e. The number of rotatable bonds is 2. The van der Waals surface area contributed by atoms with Crippen molar-refractivity contribution in [2.75, 3.05) is 19.8 Å². The van der Waals surface area contributed by atoms with Gasteiger partial charge in [0.15, 0.2) is 12.4 Å². The molecule has 0 amide bonds. The molecule has 2 aliphatic heterocycles. The summed E-state index contributed by atoms with van der Waals surface area (Å²) in [7, 11) is 0. The van der Waals surface area contributed by atoms with Crippen molar-refractivity contribution in [2.45, 2.75) is 18.8 Å². The molecule has 5 heteroatoms. The second-order valence-electron chi connectivity index (χ2n) is 3.29. The Hall–Kier alpha value is -0.650. The van der Waals surface area contributed by atoms with Gasteiger partial charge in [-0.25, -0.2) is 4.79 Å². The minimum Gasteiger partial charge on any atom is -0.479 e. The summed E-state index contributed by atoms with van der Waals surface area (Å²) in [5.74, 6) is -0.759. The molecule has 0 bridgehead atoms. The van der Waals surface area contributed by atoms with Gasteiger partial charge in [0, 0.05) is 12.5 Å². The summed E-state index contributed by atoms with van der Waals surface area (Å²) < 4.78 is 15.6. The summed E-state index contributed by atoms with van der Waals surface area (Å²) in [6.45, 7) is 1.47. The molecule has 3 unspecified atom stereocenters. The molecule has 0 aromatic heterocycles. The van der Waals surface area contributed by atoms with E-state index in [1.807, 2.05) is 0 Å². The predicted molar refractivity (Wildman–Crippen MR) is 41.2 cm³/mol. The lowest BCUT2D eigenvalue weighted by atomic mass is 10.1. The first-order valence-corrected chi connectivity index (χ1v) is 4.35. The van der Waals surface area contributed by atoms with E-state index in [-0.39, 0.29) is 18.8 Å². The van der Waals surface area contributed by atoms with Crippen molar-refractivity contribution in [1.29, 1.82) is 0 Å². The maximum absolute atomic E-state index is 10.5. The molecule has 0 aromatic carbocycles. The minimum absolute atomic E-state index is 0.149. The monoisotopic (exact) mass is 188 g/mol. The molecular formula is C8H12O5. The van der Waals surface area contributed by atoms with Gasteiger partial charge in [-0.15, -0.1) is 0 Å². The lowest BCUT2D eigenvalue weighted by Crippen LogP contribution is -2.26. The van der Waals surface area contributed by atoms with Crippen molar-refractivity contribution in [3.05, 3.63) is 0 Å². The minimum atomic E-state index is -0.957. The smallest absolute Gasteiger partial charge is 0.335 e. The van der Waals surface area contributed by atoms with Crippen LogP contribution in [-0.2, 0) is 19.0 Å². The summed E-state index contributed by atoms with van der Waals surface area (Å²) >= 11 is 0. The lowest BCUT2D eigenvalue weighted by molar-refractivity contribution is -0.153. The van der Waals surface area contributed by atoms with Gasteiger partial charge in [0.1, 0.15) is 0 Å². The molecule has 0 radical (unpaired) electrons. The Morgan fingerprint density at radius 2 is 2.23 bits per heavy atom. The van der Waals surface area contributed by atoms with Crippen LogP contribution in [0, 0.1) is 5.92 Å². The van der Waals surface area contributed by atoms with Crippen LogP contribution in [0.15, 0.2) is 0 Å². The summed E-state index contributed by atoms with van der Waals surface area (Å²) in [6.07, 6.45) is -0.300. The zero-order valence-electron chi connectivity index (χ0n) is 7.14. The van der Waals surface area contributed by atoms with Crippen LogP contribution in [0.3, 0.4) is 0 Å². The van der Waals surface area contributed by atoms with Crippen LogP contribution in [0.5, 0.6) is 0 Å². The average Bonchev–Trinajstić information content (AvgIpc) is 2.75. The molecular weight excluding hydrogens is 176 g/mol. The number of carboxylic acid groups (broad SMARTS) is 1. The first kappa shape index (κ1) is 8.93. The van der Waals surface area contributed by atoms with Crippen molar-refractivity contribution >= 4 is 5.97 Å². The van der Waals surface area contributed by atoms with E-state index < -0.39 is 12.1 Å². The van der Waals surface area contributed by atoms with Gasteiger partial charge in [0.25, 0.3) is 0 Å². The number of carboxylic acids is 1.